The summed E-state index contributed by atoms with van der Waals surface area (Å²) in [5, 5.41) is 6.69. The molecule has 8 nitrogen and oxygen atoms in total. The molecule has 0 bridgehead atoms. The molecule has 0 aromatic carbocycles. The predicted octanol–water partition coefficient (Wildman–Crippen LogP) is 0.715. The molecular formula is C20H39N5O3. The minimum absolute atomic E-state index is 0.0776. The summed E-state index contributed by atoms with van der Waals surface area (Å²) >= 11 is 0. The minimum Gasteiger partial charge on any atom is -0.379 e. The second-order valence-electron chi connectivity index (χ2n) is 7.71. The highest BCUT2D eigenvalue weighted by molar-refractivity contribution is 5.79. The molecule has 1 unspecified atom stereocenters. The summed E-state index contributed by atoms with van der Waals surface area (Å²) in [7, 11) is 1.80. The highest BCUT2D eigenvalue weighted by Crippen LogP contribution is 2.16. The number of piperidine rings is 1. The summed E-state index contributed by atoms with van der Waals surface area (Å²) in [4.78, 5) is 17.9. The van der Waals surface area contributed by atoms with Crippen LogP contribution in [0, 0.1) is 5.92 Å². The van der Waals surface area contributed by atoms with Gasteiger partial charge in [-0.15, -0.1) is 0 Å². The average Bonchev–Trinajstić information content (AvgIpc) is 3.22. The van der Waals surface area contributed by atoms with Crippen molar-refractivity contribution in [3.63, 3.8) is 0 Å². The van der Waals surface area contributed by atoms with Crippen molar-refractivity contribution in [2.45, 2.75) is 51.0 Å². The Morgan fingerprint density at radius 3 is 2.57 bits per heavy atom. The molecule has 4 N–H and O–H groups in total. The monoisotopic (exact) mass is 397 g/mol. The SMILES string of the molecule is CN=C(NCCCCN1CCC(C(N)=O)CC1)NCCCOCC1CCCO1. The van der Waals surface area contributed by atoms with Crippen molar-refractivity contribution in [1.82, 2.24) is 15.5 Å². The lowest BCUT2D eigenvalue weighted by molar-refractivity contribution is -0.123. The number of nitrogens with one attached hydrogen (secondary N) is 2. The van der Waals surface area contributed by atoms with E-state index in [1.807, 2.05) is 0 Å². The molecule has 2 heterocycles. The van der Waals surface area contributed by atoms with Crippen molar-refractivity contribution in [3.8, 4) is 0 Å². The van der Waals surface area contributed by atoms with Gasteiger partial charge in [0.2, 0.25) is 5.91 Å². The summed E-state index contributed by atoms with van der Waals surface area (Å²) in [6.45, 7) is 7.15. The van der Waals surface area contributed by atoms with E-state index in [1.165, 1.54) is 0 Å². The Bertz CT molecular complexity index is 461. The largest absolute Gasteiger partial charge is 0.379 e. The van der Waals surface area contributed by atoms with Crippen LogP contribution >= 0.6 is 0 Å². The summed E-state index contributed by atoms with van der Waals surface area (Å²) in [5.41, 5.74) is 5.38. The number of hydrogen-bond acceptors (Lipinski definition) is 5. The van der Waals surface area contributed by atoms with Crippen LogP contribution < -0.4 is 16.4 Å². The molecule has 8 heteroatoms. The van der Waals surface area contributed by atoms with Crippen molar-refractivity contribution < 1.29 is 14.3 Å². The number of nitrogens with zero attached hydrogens (tertiary/aromatic N) is 2. The fraction of sp³-hybridized carbons (Fsp3) is 0.900. The Hall–Kier alpha value is -1.38. The van der Waals surface area contributed by atoms with Gasteiger partial charge in [-0.1, -0.05) is 0 Å². The molecule has 1 atom stereocenters. The van der Waals surface area contributed by atoms with Crippen LogP contribution in [0.25, 0.3) is 0 Å². The Labute approximate surface area is 169 Å². The number of likely N-dealkylation sites (tertiary alicyclic amines) is 1. The molecular weight excluding hydrogens is 358 g/mol. The Kier molecular flexibility index (Phi) is 11.2. The summed E-state index contributed by atoms with van der Waals surface area (Å²) in [6, 6.07) is 0. The smallest absolute Gasteiger partial charge is 0.220 e. The number of aliphatic imine (C=N–C) groups is 1. The molecule has 2 rings (SSSR count). The van der Waals surface area contributed by atoms with E-state index in [0.717, 1.165) is 96.8 Å². The van der Waals surface area contributed by atoms with Crippen LogP contribution in [-0.4, -0.2) is 82.5 Å². The third-order valence-corrected chi connectivity index (χ3v) is 5.49. The van der Waals surface area contributed by atoms with Crippen LogP contribution in [0.3, 0.4) is 0 Å². The number of ether oxygens (including phenoxy) is 2. The second-order valence-corrected chi connectivity index (χ2v) is 7.71. The van der Waals surface area contributed by atoms with Gasteiger partial charge in [0, 0.05) is 39.3 Å². The topological polar surface area (TPSA) is 101 Å². The Balaban J connectivity index is 1.40. The van der Waals surface area contributed by atoms with E-state index in [4.69, 9.17) is 15.2 Å². The van der Waals surface area contributed by atoms with Gasteiger partial charge in [-0.3, -0.25) is 9.79 Å². The van der Waals surface area contributed by atoms with Crippen LogP contribution in [0.2, 0.25) is 0 Å². The van der Waals surface area contributed by atoms with Gasteiger partial charge in [0.1, 0.15) is 0 Å². The van der Waals surface area contributed by atoms with E-state index in [2.05, 4.69) is 20.5 Å². The fourth-order valence-corrected chi connectivity index (χ4v) is 3.70. The molecule has 0 spiro atoms. The lowest BCUT2D eigenvalue weighted by Crippen LogP contribution is -2.40. The molecule has 0 aromatic heterocycles. The lowest BCUT2D eigenvalue weighted by atomic mass is 9.96. The quantitative estimate of drug-likeness (QED) is 0.255. The molecule has 0 aliphatic carbocycles. The Morgan fingerprint density at radius 1 is 1.18 bits per heavy atom. The number of hydrogen-bond donors (Lipinski definition) is 3. The first kappa shape index (κ1) is 22.9. The van der Waals surface area contributed by atoms with Gasteiger partial charge < -0.3 is 30.7 Å². The van der Waals surface area contributed by atoms with Crippen molar-refractivity contribution >= 4 is 11.9 Å². The van der Waals surface area contributed by atoms with E-state index in [9.17, 15) is 4.79 Å². The van der Waals surface area contributed by atoms with Crippen molar-refractivity contribution in [3.05, 3.63) is 0 Å². The fourth-order valence-electron chi connectivity index (χ4n) is 3.70. The first-order valence-corrected chi connectivity index (χ1v) is 10.8. The highest BCUT2D eigenvalue weighted by Gasteiger charge is 2.22. The van der Waals surface area contributed by atoms with Gasteiger partial charge in [-0.05, 0) is 64.6 Å². The van der Waals surface area contributed by atoms with Crippen molar-refractivity contribution in [2.24, 2.45) is 16.6 Å². The normalized spacial score (nSPS) is 21.8. The van der Waals surface area contributed by atoms with Gasteiger partial charge >= 0.3 is 0 Å². The zero-order chi connectivity index (χ0) is 20.0. The molecule has 0 saturated carbocycles. The van der Waals surface area contributed by atoms with E-state index >= 15 is 0 Å². The first-order chi connectivity index (χ1) is 13.7. The van der Waals surface area contributed by atoms with Gasteiger partial charge in [0.15, 0.2) is 5.96 Å². The standard InChI is InChI=1S/C20H39N5O3/c1-22-20(24-10-5-14-27-16-18-6-4-15-28-18)23-9-2-3-11-25-12-7-17(8-13-25)19(21)26/h17-18H,2-16H2,1H3,(H2,21,26)(H2,22,23,24). The van der Waals surface area contributed by atoms with Gasteiger partial charge in [-0.2, -0.15) is 0 Å². The van der Waals surface area contributed by atoms with E-state index in [-0.39, 0.29) is 11.8 Å². The molecule has 0 radical (unpaired) electrons. The summed E-state index contributed by atoms with van der Waals surface area (Å²) < 4.78 is 11.2. The molecule has 2 aliphatic rings. The summed E-state index contributed by atoms with van der Waals surface area (Å²) in [5.74, 6) is 0.785. The Morgan fingerprint density at radius 2 is 1.93 bits per heavy atom. The number of carbonyl (C=O) groups is 1. The van der Waals surface area contributed by atoms with Crippen LogP contribution in [0.4, 0.5) is 0 Å². The number of primary amides is 1. The van der Waals surface area contributed by atoms with Crippen molar-refractivity contribution in [2.75, 3.05) is 59.6 Å². The van der Waals surface area contributed by atoms with Crippen molar-refractivity contribution in [1.29, 1.82) is 0 Å². The number of rotatable bonds is 12. The number of amides is 1. The number of nitrogens with two attached hydrogens (primary N) is 1. The second kappa shape index (κ2) is 13.7. The molecule has 162 valence electrons. The maximum absolute atomic E-state index is 11.2. The van der Waals surface area contributed by atoms with Gasteiger partial charge in [0.05, 0.1) is 12.7 Å². The number of guanidine groups is 1. The van der Waals surface area contributed by atoms with E-state index in [0.29, 0.717) is 12.7 Å². The highest BCUT2D eigenvalue weighted by atomic mass is 16.5. The predicted molar refractivity (Wildman–Crippen MR) is 111 cm³/mol. The number of unbranched alkanes of at least 4 members (excludes halogenated alkanes) is 1. The van der Waals surface area contributed by atoms with E-state index < -0.39 is 0 Å². The molecule has 2 fully saturated rings. The zero-order valence-electron chi connectivity index (χ0n) is 17.5. The molecule has 2 saturated heterocycles. The van der Waals surface area contributed by atoms with Gasteiger partial charge in [-0.25, -0.2) is 0 Å². The van der Waals surface area contributed by atoms with Gasteiger partial charge in [0.25, 0.3) is 0 Å². The van der Waals surface area contributed by atoms with Crippen LogP contribution in [0.5, 0.6) is 0 Å². The zero-order valence-corrected chi connectivity index (χ0v) is 17.5. The maximum Gasteiger partial charge on any atom is 0.220 e. The van der Waals surface area contributed by atoms with Crippen LogP contribution in [0.15, 0.2) is 4.99 Å². The first-order valence-electron chi connectivity index (χ1n) is 10.8. The molecule has 0 aromatic rings. The van der Waals surface area contributed by atoms with E-state index in [1.54, 1.807) is 7.05 Å². The lowest BCUT2D eigenvalue weighted by Gasteiger charge is -2.30. The summed E-state index contributed by atoms with van der Waals surface area (Å²) in [6.07, 6.45) is 7.59. The number of carbonyl (C=O) groups excluding carboxylic acids is 1. The minimum atomic E-state index is -0.142. The van der Waals surface area contributed by atoms with Crippen LogP contribution in [-0.2, 0) is 14.3 Å². The molecule has 1 amide bonds. The maximum atomic E-state index is 11.2. The molecule has 28 heavy (non-hydrogen) atoms. The average molecular weight is 398 g/mol. The molecule has 2 aliphatic heterocycles. The third kappa shape index (κ3) is 9.21. The van der Waals surface area contributed by atoms with Crippen LogP contribution in [0.1, 0.15) is 44.9 Å². The third-order valence-electron chi connectivity index (χ3n) is 5.49.